The molecule has 3 rings (SSSR count). The van der Waals surface area contributed by atoms with Crippen LogP contribution in [-0.4, -0.2) is 26.2 Å². The third kappa shape index (κ3) is 7.14. The molecular weight excluding hydrogens is 448 g/mol. The fourth-order valence-electron chi connectivity index (χ4n) is 3.36. The maximum absolute atomic E-state index is 6.07. The van der Waals surface area contributed by atoms with Crippen LogP contribution in [0.4, 0.5) is 0 Å². The van der Waals surface area contributed by atoms with Gasteiger partial charge >= 0.3 is 0 Å². The highest BCUT2D eigenvalue weighted by molar-refractivity contribution is 9.10. The zero-order chi connectivity index (χ0) is 20.6. The molecule has 2 N–H and O–H groups in total. The average molecular weight is 478 g/mol. The molecule has 0 bridgehead atoms. The summed E-state index contributed by atoms with van der Waals surface area (Å²) >= 11 is 9.62. The van der Waals surface area contributed by atoms with E-state index in [-0.39, 0.29) is 0 Å². The molecule has 1 heterocycles. The van der Waals surface area contributed by atoms with Gasteiger partial charge in [-0.2, -0.15) is 0 Å². The number of rotatable bonds is 9. The maximum atomic E-state index is 6.07. The van der Waals surface area contributed by atoms with Gasteiger partial charge in [-0.1, -0.05) is 65.7 Å². The minimum absolute atomic E-state index is 0.502. The van der Waals surface area contributed by atoms with Crippen LogP contribution in [0.2, 0.25) is 5.02 Å². The molecule has 29 heavy (non-hydrogen) atoms. The third-order valence-electron chi connectivity index (χ3n) is 4.99. The standard InChI is InChI=1S/C24H30BrClN2O/c1-17(2)16-29-24-8-4-18(3-5-20-6-7-22(26)12-23(20)25)11-21(24)15-28-14-19-9-10-27-13-19/h3-8,11-12,17,19,27-28H,9-10,13-16H2,1-2H3/b5-3+. The first-order chi connectivity index (χ1) is 14.0. The van der Waals surface area contributed by atoms with Crippen molar-refractivity contribution in [3.05, 3.63) is 62.6 Å². The van der Waals surface area contributed by atoms with Gasteiger partial charge in [0.25, 0.3) is 0 Å². The monoisotopic (exact) mass is 476 g/mol. The number of ether oxygens (including phenoxy) is 1. The van der Waals surface area contributed by atoms with Crippen molar-refractivity contribution in [3.63, 3.8) is 0 Å². The smallest absolute Gasteiger partial charge is 0.123 e. The van der Waals surface area contributed by atoms with Crippen LogP contribution < -0.4 is 15.4 Å². The zero-order valence-corrected chi connectivity index (χ0v) is 19.5. The van der Waals surface area contributed by atoms with E-state index >= 15 is 0 Å². The van der Waals surface area contributed by atoms with Crippen molar-refractivity contribution in [2.45, 2.75) is 26.8 Å². The predicted octanol–water partition coefficient (Wildman–Crippen LogP) is 6.01. The molecule has 2 aromatic carbocycles. The lowest BCUT2D eigenvalue weighted by Gasteiger charge is -2.16. The van der Waals surface area contributed by atoms with Crippen molar-refractivity contribution in [1.82, 2.24) is 10.6 Å². The SMILES string of the molecule is CC(C)COc1ccc(/C=C/c2ccc(Cl)cc2Br)cc1CNCC1CCNC1. The Balaban J connectivity index is 1.72. The van der Waals surface area contributed by atoms with Gasteiger partial charge in [0.15, 0.2) is 0 Å². The van der Waals surface area contributed by atoms with E-state index in [4.69, 9.17) is 16.3 Å². The van der Waals surface area contributed by atoms with Crippen LogP contribution >= 0.6 is 27.5 Å². The molecule has 1 saturated heterocycles. The minimum Gasteiger partial charge on any atom is -0.493 e. The zero-order valence-electron chi connectivity index (χ0n) is 17.2. The summed E-state index contributed by atoms with van der Waals surface area (Å²) in [7, 11) is 0. The molecule has 1 aliphatic rings. The Morgan fingerprint density at radius 1 is 1.24 bits per heavy atom. The summed E-state index contributed by atoms with van der Waals surface area (Å²) in [6, 6.07) is 12.3. The summed E-state index contributed by atoms with van der Waals surface area (Å²) in [5.41, 5.74) is 3.46. The average Bonchev–Trinajstić information content (AvgIpc) is 3.20. The number of nitrogens with one attached hydrogen (secondary N) is 2. The van der Waals surface area contributed by atoms with E-state index in [0.717, 1.165) is 65.1 Å². The van der Waals surface area contributed by atoms with E-state index < -0.39 is 0 Å². The van der Waals surface area contributed by atoms with Crippen molar-refractivity contribution in [2.24, 2.45) is 11.8 Å². The fourth-order valence-corrected chi connectivity index (χ4v) is 4.18. The molecule has 0 amide bonds. The van der Waals surface area contributed by atoms with Gasteiger partial charge in [0.1, 0.15) is 5.75 Å². The molecule has 1 aliphatic heterocycles. The summed E-state index contributed by atoms with van der Waals surface area (Å²) in [5, 5.41) is 7.78. The van der Waals surface area contributed by atoms with Gasteiger partial charge in [-0.3, -0.25) is 0 Å². The van der Waals surface area contributed by atoms with Crippen molar-refractivity contribution < 1.29 is 4.74 Å². The Bertz CT molecular complexity index is 832. The molecule has 156 valence electrons. The van der Waals surface area contributed by atoms with E-state index in [1.54, 1.807) is 0 Å². The largest absolute Gasteiger partial charge is 0.493 e. The molecular formula is C24H30BrClN2O. The van der Waals surface area contributed by atoms with E-state index in [1.165, 1.54) is 12.0 Å². The second-order valence-electron chi connectivity index (χ2n) is 8.06. The van der Waals surface area contributed by atoms with Crippen LogP contribution in [0.5, 0.6) is 5.75 Å². The molecule has 1 fully saturated rings. The second kappa shape index (κ2) is 11.2. The summed E-state index contributed by atoms with van der Waals surface area (Å²) in [6.07, 6.45) is 5.48. The molecule has 1 atom stereocenters. The predicted molar refractivity (Wildman–Crippen MR) is 128 cm³/mol. The lowest BCUT2D eigenvalue weighted by atomic mass is 10.1. The summed E-state index contributed by atoms with van der Waals surface area (Å²) in [5.74, 6) is 2.20. The Kier molecular flexibility index (Phi) is 8.61. The van der Waals surface area contributed by atoms with Crippen LogP contribution in [0.3, 0.4) is 0 Å². The Hall–Kier alpha value is -1.33. The number of hydrogen-bond acceptors (Lipinski definition) is 3. The number of benzene rings is 2. The first kappa shape index (κ1) is 22.4. The first-order valence-corrected chi connectivity index (χ1v) is 11.5. The number of halogens is 2. The van der Waals surface area contributed by atoms with Crippen LogP contribution in [0.1, 0.15) is 37.0 Å². The van der Waals surface area contributed by atoms with Gasteiger partial charge in [-0.05, 0) is 73.3 Å². The van der Waals surface area contributed by atoms with Gasteiger partial charge in [-0.15, -0.1) is 0 Å². The molecule has 0 aromatic heterocycles. The highest BCUT2D eigenvalue weighted by atomic mass is 79.9. The number of hydrogen-bond donors (Lipinski definition) is 2. The third-order valence-corrected chi connectivity index (χ3v) is 5.91. The van der Waals surface area contributed by atoms with E-state index in [2.05, 4.69) is 70.8 Å². The van der Waals surface area contributed by atoms with Gasteiger partial charge in [0.05, 0.1) is 6.61 Å². The molecule has 0 spiro atoms. The Morgan fingerprint density at radius 2 is 2.10 bits per heavy atom. The summed E-state index contributed by atoms with van der Waals surface area (Å²) < 4.78 is 7.06. The fraction of sp³-hybridized carbons (Fsp3) is 0.417. The molecule has 2 aromatic rings. The van der Waals surface area contributed by atoms with E-state index in [1.807, 2.05) is 18.2 Å². The Labute approximate surface area is 188 Å². The van der Waals surface area contributed by atoms with Gasteiger partial charge in [0, 0.05) is 21.6 Å². The summed E-state index contributed by atoms with van der Waals surface area (Å²) in [6.45, 7) is 9.17. The van der Waals surface area contributed by atoms with Crippen LogP contribution in [-0.2, 0) is 6.54 Å². The molecule has 1 unspecified atom stereocenters. The van der Waals surface area contributed by atoms with E-state index in [0.29, 0.717) is 5.92 Å². The highest BCUT2D eigenvalue weighted by Crippen LogP contribution is 2.25. The first-order valence-electron chi connectivity index (χ1n) is 10.3. The lowest BCUT2D eigenvalue weighted by molar-refractivity contribution is 0.268. The quantitative estimate of drug-likeness (QED) is 0.434. The van der Waals surface area contributed by atoms with Crippen molar-refractivity contribution in [3.8, 4) is 5.75 Å². The van der Waals surface area contributed by atoms with Gasteiger partial charge < -0.3 is 15.4 Å². The van der Waals surface area contributed by atoms with Crippen LogP contribution in [0.15, 0.2) is 40.9 Å². The highest BCUT2D eigenvalue weighted by Gasteiger charge is 2.14. The van der Waals surface area contributed by atoms with Crippen LogP contribution in [0, 0.1) is 11.8 Å². The van der Waals surface area contributed by atoms with Crippen molar-refractivity contribution >= 4 is 39.7 Å². The van der Waals surface area contributed by atoms with Crippen molar-refractivity contribution in [2.75, 3.05) is 26.2 Å². The summed E-state index contributed by atoms with van der Waals surface area (Å²) in [4.78, 5) is 0. The normalized spacial score (nSPS) is 16.8. The molecule has 0 saturated carbocycles. The van der Waals surface area contributed by atoms with Gasteiger partial charge in [0.2, 0.25) is 0 Å². The molecule has 0 aliphatic carbocycles. The van der Waals surface area contributed by atoms with Crippen LogP contribution in [0.25, 0.3) is 12.2 Å². The van der Waals surface area contributed by atoms with E-state index in [9.17, 15) is 0 Å². The lowest BCUT2D eigenvalue weighted by Crippen LogP contribution is -2.24. The molecule has 0 radical (unpaired) electrons. The topological polar surface area (TPSA) is 33.3 Å². The molecule has 5 heteroatoms. The Morgan fingerprint density at radius 3 is 2.83 bits per heavy atom. The maximum Gasteiger partial charge on any atom is 0.123 e. The van der Waals surface area contributed by atoms with Crippen molar-refractivity contribution in [1.29, 1.82) is 0 Å². The minimum atomic E-state index is 0.502. The second-order valence-corrected chi connectivity index (χ2v) is 9.35. The van der Waals surface area contributed by atoms with Gasteiger partial charge in [-0.25, -0.2) is 0 Å². The molecule has 3 nitrogen and oxygen atoms in total.